The van der Waals surface area contributed by atoms with E-state index in [4.69, 9.17) is 0 Å². The van der Waals surface area contributed by atoms with Crippen molar-refractivity contribution in [1.29, 1.82) is 0 Å². The van der Waals surface area contributed by atoms with Crippen molar-refractivity contribution in [1.82, 2.24) is 10.2 Å². The molecule has 5 nitrogen and oxygen atoms in total. The van der Waals surface area contributed by atoms with Gasteiger partial charge in [-0.15, -0.1) is 0 Å². The molecule has 0 radical (unpaired) electrons. The number of amides is 3. The quantitative estimate of drug-likeness (QED) is 0.376. The van der Waals surface area contributed by atoms with Gasteiger partial charge in [0, 0.05) is 13.1 Å². The number of nitrogens with zero attached hydrogens (tertiary/aromatic N) is 1. The van der Waals surface area contributed by atoms with Crippen LogP contribution in [0.3, 0.4) is 0 Å². The van der Waals surface area contributed by atoms with E-state index in [1.807, 2.05) is 0 Å². The molecule has 5 heteroatoms. The van der Waals surface area contributed by atoms with E-state index in [1.54, 1.807) is 0 Å². The maximum Gasteiger partial charge on any atom is 0.232 e. The van der Waals surface area contributed by atoms with Gasteiger partial charge < -0.3 is 4.90 Å². The van der Waals surface area contributed by atoms with Gasteiger partial charge in [0.15, 0.2) is 0 Å². The van der Waals surface area contributed by atoms with Crippen LogP contribution in [-0.2, 0) is 14.4 Å². The lowest BCUT2D eigenvalue weighted by molar-refractivity contribution is -0.127. The summed E-state index contributed by atoms with van der Waals surface area (Å²) in [4.78, 5) is 33.9. The summed E-state index contributed by atoms with van der Waals surface area (Å²) in [7, 11) is 0. The fraction of sp³-hybridized carbons (Fsp3) is 0.571. The molecule has 64 valence electrons. The molecule has 2 aliphatic heterocycles. The largest absolute Gasteiger partial charge is 0.344 e. The Morgan fingerprint density at radius 2 is 1.75 bits per heavy atom. The molecule has 2 saturated heterocycles. The summed E-state index contributed by atoms with van der Waals surface area (Å²) in [6.45, 7) is 0.761. The summed E-state index contributed by atoms with van der Waals surface area (Å²) < 4.78 is 0. The van der Waals surface area contributed by atoms with Gasteiger partial charge in [0.05, 0.1) is 11.8 Å². The predicted molar refractivity (Wildman–Crippen MR) is 37.8 cm³/mol. The molecule has 2 rings (SSSR count). The second-order valence-electron chi connectivity index (χ2n) is 3.13. The first kappa shape index (κ1) is 7.27. The molecule has 0 spiro atoms. The van der Waals surface area contributed by atoms with Crippen LogP contribution in [0.25, 0.3) is 0 Å². The van der Waals surface area contributed by atoms with Crippen molar-refractivity contribution in [2.24, 2.45) is 11.8 Å². The summed E-state index contributed by atoms with van der Waals surface area (Å²) in [6.07, 6.45) is 0.679. The number of rotatable bonds is 1. The highest BCUT2D eigenvalue weighted by atomic mass is 16.2. The minimum atomic E-state index is -0.303. The highest BCUT2D eigenvalue weighted by Gasteiger charge is 2.47. The van der Waals surface area contributed by atoms with Crippen LogP contribution in [0.5, 0.6) is 0 Å². The zero-order chi connectivity index (χ0) is 8.72. The Hall–Kier alpha value is -1.39. The topological polar surface area (TPSA) is 66.5 Å². The second kappa shape index (κ2) is 2.30. The van der Waals surface area contributed by atoms with E-state index in [9.17, 15) is 14.4 Å². The molecule has 0 aromatic heterocycles. The average Bonchev–Trinajstić information content (AvgIpc) is 2.55. The lowest BCUT2D eigenvalue weighted by Gasteiger charge is -2.08. The number of hydrogen-bond donors (Lipinski definition) is 1. The molecule has 0 bridgehead atoms. The van der Waals surface area contributed by atoms with Crippen molar-refractivity contribution >= 4 is 18.2 Å². The normalized spacial score (nSPS) is 33.5. The minimum absolute atomic E-state index is 0.241. The molecule has 2 fully saturated rings. The highest BCUT2D eigenvalue weighted by molar-refractivity contribution is 6.05. The number of carbonyl (C=O) groups excluding carboxylic acids is 3. The van der Waals surface area contributed by atoms with E-state index in [2.05, 4.69) is 5.32 Å². The molecule has 0 aliphatic carbocycles. The summed E-state index contributed by atoms with van der Waals surface area (Å²) in [5, 5.41) is 2.24. The Morgan fingerprint density at radius 3 is 2.17 bits per heavy atom. The maximum atomic E-state index is 11.1. The smallest absolute Gasteiger partial charge is 0.232 e. The number of imide groups is 1. The molecule has 2 heterocycles. The van der Waals surface area contributed by atoms with Crippen LogP contribution in [0.2, 0.25) is 0 Å². The number of nitrogens with one attached hydrogen (secondary N) is 1. The maximum absolute atomic E-state index is 11.1. The van der Waals surface area contributed by atoms with Crippen molar-refractivity contribution in [2.45, 2.75) is 0 Å². The Labute approximate surface area is 68.7 Å². The third kappa shape index (κ3) is 0.823. The van der Waals surface area contributed by atoms with E-state index < -0.39 is 0 Å². The van der Waals surface area contributed by atoms with E-state index in [-0.39, 0.29) is 23.7 Å². The standard InChI is InChI=1S/C7H8N2O3/c10-3-9-1-4-5(2-9)7(12)8-6(4)11/h3-5H,1-2H2,(H,8,11,12). The number of fused-ring (bicyclic) bond motifs is 1. The first-order valence-corrected chi connectivity index (χ1v) is 3.76. The molecule has 1 N–H and O–H groups in total. The van der Waals surface area contributed by atoms with Crippen LogP contribution in [0.15, 0.2) is 0 Å². The van der Waals surface area contributed by atoms with Crippen LogP contribution < -0.4 is 5.32 Å². The fourth-order valence-electron chi connectivity index (χ4n) is 1.76. The summed E-state index contributed by atoms with van der Waals surface area (Å²) in [5.74, 6) is -1.09. The minimum Gasteiger partial charge on any atom is -0.344 e. The Morgan fingerprint density at radius 1 is 1.25 bits per heavy atom. The van der Waals surface area contributed by atoms with Crippen molar-refractivity contribution in [3.05, 3.63) is 0 Å². The number of likely N-dealkylation sites (tertiary alicyclic amines) is 1. The van der Waals surface area contributed by atoms with Crippen LogP contribution in [0, 0.1) is 11.8 Å². The molecule has 0 aromatic rings. The van der Waals surface area contributed by atoms with E-state index >= 15 is 0 Å². The van der Waals surface area contributed by atoms with Gasteiger partial charge in [-0.3, -0.25) is 19.7 Å². The van der Waals surface area contributed by atoms with Crippen LogP contribution in [0.4, 0.5) is 0 Å². The van der Waals surface area contributed by atoms with Crippen molar-refractivity contribution < 1.29 is 14.4 Å². The average molecular weight is 168 g/mol. The van der Waals surface area contributed by atoms with Gasteiger partial charge >= 0.3 is 0 Å². The molecular weight excluding hydrogens is 160 g/mol. The Balaban J connectivity index is 2.19. The molecule has 0 aromatic carbocycles. The van der Waals surface area contributed by atoms with Crippen molar-refractivity contribution in [2.75, 3.05) is 13.1 Å². The third-order valence-electron chi connectivity index (χ3n) is 2.42. The Kier molecular flexibility index (Phi) is 1.39. The zero-order valence-corrected chi connectivity index (χ0v) is 6.32. The van der Waals surface area contributed by atoms with E-state index in [1.165, 1.54) is 4.90 Å². The fourth-order valence-corrected chi connectivity index (χ4v) is 1.76. The highest BCUT2D eigenvalue weighted by Crippen LogP contribution is 2.26. The van der Waals surface area contributed by atoms with Crippen LogP contribution in [-0.4, -0.2) is 36.2 Å². The predicted octanol–water partition coefficient (Wildman–Crippen LogP) is -1.65. The summed E-state index contributed by atoms with van der Waals surface area (Å²) in [6, 6.07) is 0. The molecule has 2 aliphatic rings. The third-order valence-corrected chi connectivity index (χ3v) is 2.42. The molecule has 2 atom stereocenters. The van der Waals surface area contributed by atoms with Crippen molar-refractivity contribution in [3.63, 3.8) is 0 Å². The molecule has 0 saturated carbocycles. The zero-order valence-electron chi connectivity index (χ0n) is 6.32. The van der Waals surface area contributed by atoms with Gasteiger partial charge in [-0.25, -0.2) is 0 Å². The monoisotopic (exact) mass is 168 g/mol. The molecule has 3 amide bonds. The van der Waals surface area contributed by atoms with E-state index in [0.29, 0.717) is 19.5 Å². The first-order chi connectivity index (χ1) is 5.72. The van der Waals surface area contributed by atoms with Gasteiger partial charge in [-0.2, -0.15) is 0 Å². The van der Waals surface area contributed by atoms with Gasteiger partial charge in [0.2, 0.25) is 18.2 Å². The summed E-state index contributed by atoms with van der Waals surface area (Å²) in [5.41, 5.74) is 0. The van der Waals surface area contributed by atoms with Gasteiger partial charge in [-0.05, 0) is 0 Å². The van der Waals surface area contributed by atoms with Gasteiger partial charge in [-0.1, -0.05) is 0 Å². The number of hydrogen-bond acceptors (Lipinski definition) is 3. The lowest BCUT2D eigenvalue weighted by Crippen LogP contribution is -2.30. The van der Waals surface area contributed by atoms with Gasteiger partial charge in [0.1, 0.15) is 0 Å². The molecular formula is C7H8N2O3. The van der Waals surface area contributed by atoms with Crippen molar-refractivity contribution in [3.8, 4) is 0 Å². The van der Waals surface area contributed by atoms with E-state index in [0.717, 1.165) is 0 Å². The summed E-state index contributed by atoms with van der Waals surface area (Å²) >= 11 is 0. The molecule has 2 unspecified atom stereocenters. The molecule has 12 heavy (non-hydrogen) atoms. The first-order valence-electron chi connectivity index (χ1n) is 3.76. The van der Waals surface area contributed by atoms with Crippen LogP contribution >= 0.6 is 0 Å². The number of carbonyl (C=O) groups is 3. The van der Waals surface area contributed by atoms with Gasteiger partial charge in [0.25, 0.3) is 0 Å². The SMILES string of the molecule is O=CN1CC2C(=O)NC(=O)C2C1. The van der Waals surface area contributed by atoms with Crippen LogP contribution in [0.1, 0.15) is 0 Å². The lowest BCUT2D eigenvalue weighted by atomic mass is 10.00. The Bertz CT molecular complexity index is 241. The second-order valence-corrected chi connectivity index (χ2v) is 3.13.